The maximum atomic E-state index is 14.1. The van der Waals surface area contributed by atoms with E-state index in [0.717, 1.165) is 28.9 Å². The number of aryl methyl sites for hydroxylation is 1. The number of benzene rings is 3. The molecule has 3 aromatic rings. The molecule has 5 nitrogen and oxygen atoms in total. The fraction of sp³-hybridized carbons (Fsp3) is 0.324. The smallest absolute Gasteiger partial charge is 0.254 e. The lowest BCUT2D eigenvalue weighted by molar-refractivity contribution is -0.145. The summed E-state index contributed by atoms with van der Waals surface area (Å²) in [5, 5.41) is 0. The number of amides is 2. The molecule has 2 atom stereocenters. The summed E-state index contributed by atoms with van der Waals surface area (Å²) in [5.74, 6) is -0.892. The highest BCUT2D eigenvalue weighted by Crippen LogP contribution is 2.35. The molecule has 202 valence electrons. The number of ketones is 1. The van der Waals surface area contributed by atoms with Gasteiger partial charge in [-0.3, -0.25) is 19.3 Å². The Labute approximate surface area is 232 Å². The molecule has 0 N–H and O–H groups in total. The molecule has 1 fully saturated rings. The lowest BCUT2D eigenvalue weighted by atomic mass is 9.76. The molecule has 1 unspecified atom stereocenters. The van der Waals surface area contributed by atoms with E-state index in [2.05, 4.69) is 0 Å². The summed E-state index contributed by atoms with van der Waals surface area (Å²) in [5.41, 5.74) is 3.18. The van der Waals surface area contributed by atoms with E-state index in [4.69, 9.17) is 0 Å². The number of hydrogen-bond acceptors (Lipinski definition) is 3. The van der Waals surface area contributed by atoms with Crippen molar-refractivity contribution in [2.45, 2.75) is 53.0 Å². The first-order valence-electron chi connectivity index (χ1n) is 13.7. The van der Waals surface area contributed by atoms with Gasteiger partial charge in [-0.1, -0.05) is 93.1 Å². The average molecular weight is 523 g/mol. The van der Waals surface area contributed by atoms with Crippen LogP contribution in [-0.2, 0) is 14.4 Å². The van der Waals surface area contributed by atoms with Gasteiger partial charge in [-0.2, -0.15) is 0 Å². The Bertz CT molecular complexity index is 1270. The van der Waals surface area contributed by atoms with Gasteiger partial charge in [-0.05, 0) is 61.1 Å². The van der Waals surface area contributed by atoms with Crippen molar-refractivity contribution in [3.63, 3.8) is 0 Å². The van der Waals surface area contributed by atoms with Crippen molar-refractivity contribution in [2.24, 2.45) is 11.3 Å². The van der Waals surface area contributed by atoms with Gasteiger partial charge in [-0.15, -0.1) is 0 Å². The van der Waals surface area contributed by atoms with Gasteiger partial charge in [0.15, 0.2) is 5.78 Å². The zero-order valence-corrected chi connectivity index (χ0v) is 23.3. The predicted molar refractivity (Wildman–Crippen MR) is 158 cm³/mol. The summed E-state index contributed by atoms with van der Waals surface area (Å²) in [6, 6.07) is 26.4. The first kappa shape index (κ1) is 28.0. The van der Waals surface area contributed by atoms with Gasteiger partial charge in [0.05, 0.1) is 5.92 Å². The Morgan fingerprint density at radius 3 is 2.00 bits per heavy atom. The molecule has 0 aromatic heterocycles. The zero-order chi connectivity index (χ0) is 28.0. The Morgan fingerprint density at radius 2 is 1.46 bits per heavy atom. The van der Waals surface area contributed by atoms with Crippen molar-refractivity contribution >= 4 is 35.0 Å². The summed E-state index contributed by atoms with van der Waals surface area (Å²) >= 11 is 0. The highest BCUT2D eigenvalue weighted by Gasteiger charge is 2.43. The molecule has 1 aliphatic heterocycles. The van der Waals surface area contributed by atoms with Gasteiger partial charge in [0, 0.05) is 24.3 Å². The second-order valence-corrected chi connectivity index (χ2v) is 11.4. The van der Waals surface area contributed by atoms with Crippen LogP contribution in [0.3, 0.4) is 0 Å². The number of hydrogen-bond donors (Lipinski definition) is 0. The number of allylic oxidation sites excluding steroid dienone is 1. The van der Waals surface area contributed by atoms with E-state index >= 15 is 0 Å². The second kappa shape index (κ2) is 12.2. The lowest BCUT2D eigenvalue weighted by Crippen LogP contribution is -2.50. The monoisotopic (exact) mass is 522 g/mol. The van der Waals surface area contributed by atoms with E-state index in [-0.39, 0.29) is 24.0 Å². The first-order chi connectivity index (χ1) is 18.6. The van der Waals surface area contributed by atoms with Crippen LogP contribution in [0, 0.1) is 18.3 Å². The minimum absolute atomic E-state index is 0.0962. The van der Waals surface area contributed by atoms with E-state index < -0.39 is 17.4 Å². The Balaban J connectivity index is 1.56. The molecule has 0 radical (unpaired) electrons. The fourth-order valence-electron chi connectivity index (χ4n) is 5.09. The predicted octanol–water partition coefficient (Wildman–Crippen LogP) is 6.99. The number of likely N-dealkylation sites (tertiary alicyclic amines) is 1. The lowest BCUT2D eigenvalue weighted by Gasteiger charge is -2.36. The molecule has 1 saturated heterocycles. The number of rotatable bonds is 8. The number of nitrogens with zero attached hydrogens (tertiary/aromatic N) is 2. The molecule has 0 saturated carbocycles. The quantitative estimate of drug-likeness (QED) is 0.300. The molecule has 4 rings (SSSR count). The van der Waals surface area contributed by atoms with Crippen LogP contribution in [0.1, 0.15) is 51.2 Å². The van der Waals surface area contributed by atoms with E-state index in [0.29, 0.717) is 13.0 Å². The zero-order valence-electron chi connectivity index (χ0n) is 23.3. The average Bonchev–Trinajstić information content (AvgIpc) is 3.42. The van der Waals surface area contributed by atoms with Gasteiger partial charge in [0.1, 0.15) is 6.04 Å². The SMILES string of the molecule is Cc1ccc(/C=C/C(=O)CC(C(=O)N2CCC[C@H]2C(=O)N(c2ccccc2)c2ccccc2)C(C)(C)C)cc1. The highest BCUT2D eigenvalue weighted by molar-refractivity contribution is 6.05. The number of anilines is 2. The maximum absolute atomic E-state index is 14.1. The molecule has 1 heterocycles. The van der Waals surface area contributed by atoms with Crippen LogP contribution < -0.4 is 4.90 Å². The topological polar surface area (TPSA) is 57.7 Å². The number of carbonyl (C=O) groups is 3. The summed E-state index contributed by atoms with van der Waals surface area (Å²) in [6.07, 6.45) is 4.81. The van der Waals surface area contributed by atoms with E-state index in [1.807, 2.05) is 113 Å². The van der Waals surface area contributed by atoms with Crippen LogP contribution in [0.4, 0.5) is 11.4 Å². The number of para-hydroxylation sites is 2. The van der Waals surface area contributed by atoms with Crippen molar-refractivity contribution in [1.29, 1.82) is 0 Å². The van der Waals surface area contributed by atoms with Gasteiger partial charge in [0.25, 0.3) is 5.91 Å². The molecule has 0 aliphatic carbocycles. The minimum atomic E-state index is -0.582. The molecule has 5 heteroatoms. The molecule has 39 heavy (non-hydrogen) atoms. The standard InChI is InChI=1S/C34H38N2O3/c1-25-17-19-26(20-18-25)21-22-29(37)24-30(34(2,3)4)32(38)35-23-11-16-31(35)33(39)36(27-12-7-5-8-13-27)28-14-9-6-10-15-28/h5-10,12-15,17-22,30-31H,11,16,23-24H2,1-4H3/b22-21+/t30?,31-/m0/s1. The van der Waals surface area contributed by atoms with Crippen LogP contribution in [0.15, 0.2) is 91.0 Å². The molecule has 2 amide bonds. The summed E-state index contributed by atoms with van der Waals surface area (Å²) in [6.45, 7) is 8.49. The van der Waals surface area contributed by atoms with Crippen molar-refractivity contribution in [1.82, 2.24) is 4.90 Å². The van der Waals surface area contributed by atoms with Crippen molar-refractivity contribution in [3.05, 3.63) is 102 Å². The van der Waals surface area contributed by atoms with Crippen molar-refractivity contribution < 1.29 is 14.4 Å². The van der Waals surface area contributed by atoms with Crippen LogP contribution in [0.25, 0.3) is 6.08 Å². The summed E-state index contributed by atoms with van der Waals surface area (Å²) < 4.78 is 0. The minimum Gasteiger partial charge on any atom is -0.330 e. The fourth-order valence-corrected chi connectivity index (χ4v) is 5.09. The van der Waals surface area contributed by atoms with E-state index in [9.17, 15) is 14.4 Å². The molecule has 1 aliphatic rings. The molecule has 0 bridgehead atoms. The van der Waals surface area contributed by atoms with Crippen molar-refractivity contribution in [2.75, 3.05) is 11.4 Å². The highest BCUT2D eigenvalue weighted by atomic mass is 16.2. The third-order valence-electron chi connectivity index (χ3n) is 7.36. The van der Waals surface area contributed by atoms with Crippen LogP contribution >= 0.6 is 0 Å². The van der Waals surface area contributed by atoms with Gasteiger partial charge in [0.2, 0.25) is 5.91 Å². The third kappa shape index (κ3) is 6.91. The molecule has 0 spiro atoms. The second-order valence-electron chi connectivity index (χ2n) is 11.4. The van der Waals surface area contributed by atoms with E-state index in [1.54, 1.807) is 22.0 Å². The van der Waals surface area contributed by atoms with Gasteiger partial charge in [-0.25, -0.2) is 0 Å². The Morgan fingerprint density at radius 1 is 0.897 bits per heavy atom. The molecular weight excluding hydrogens is 484 g/mol. The largest absolute Gasteiger partial charge is 0.330 e. The third-order valence-corrected chi connectivity index (χ3v) is 7.36. The normalized spacial score (nSPS) is 16.3. The molecular formula is C34H38N2O3. The van der Waals surface area contributed by atoms with E-state index in [1.165, 1.54) is 0 Å². The number of carbonyl (C=O) groups excluding carboxylic acids is 3. The summed E-state index contributed by atoms with van der Waals surface area (Å²) in [7, 11) is 0. The molecule has 3 aromatic carbocycles. The van der Waals surface area contributed by atoms with Crippen molar-refractivity contribution in [3.8, 4) is 0 Å². The Kier molecular flexibility index (Phi) is 8.80. The van der Waals surface area contributed by atoms with Gasteiger partial charge < -0.3 is 4.90 Å². The van der Waals surface area contributed by atoms with Crippen LogP contribution in [-0.4, -0.2) is 35.1 Å². The first-order valence-corrected chi connectivity index (χ1v) is 13.7. The van der Waals surface area contributed by atoms with Crippen LogP contribution in [0.2, 0.25) is 0 Å². The summed E-state index contributed by atoms with van der Waals surface area (Å²) in [4.78, 5) is 44.6. The maximum Gasteiger partial charge on any atom is 0.254 e. The van der Waals surface area contributed by atoms with Gasteiger partial charge >= 0.3 is 0 Å². The Hall–Kier alpha value is -3.99. The van der Waals surface area contributed by atoms with Crippen LogP contribution in [0.5, 0.6) is 0 Å².